The zero-order valence-electron chi connectivity index (χ0n) is 16.4. The summed E-state index contributed by atoms with van der Waals surface area (Å²) >= 11 is 0. The third-order valence-corrected chi connectivity index (χ3v) is 4.67. The summed E-state index contributed by atoms with van der Waals surface area (Å²) in [7, 11) is 1.80. The molecule has 3 aromatic rings. The topological polar surface area (TPSA) is 109 Å². The minimum Gasteiger partial charge on any atom is -0.460 e. The number of hydrogen-bond donors (Lipinski definition) is 0. The van der Waals surface area contributed by atoms with Crippen LogP contribution in [-0.4, -0.2) is 30.3 Å². The summed E-state index contributed by atoms with van der Waals surface area (Å²) in [6.45, 7) is 7.17. The summed E-state index contributed by atoms with van der Waals surface area (Å²) < 4.78 is 8.92. The minimum absolute atomic E-state index is 0.0134. The number of rotatable bonds is 6. The molecule has 0 aliphatic rings. The lowest BCUT2D eigenvalue weighted by Crippen LogP contribution is -2.03. The molecular weight excluding hydrogens is 362 g/mol. The zero-order chi connectivity index (χ0) is 20.6. The van der Waals surface area contributed by atoms with Gasteiger partial charge in [0, 0.05) is 12.7 Å². The van der Waals surface area contributed by atoms with E-state index in [2.05, 4.69) is 10.2 Å². The molecule has 0 saturated heterocycles. The highest BCUT2D eigenvalue weighted by atomic mass is 16.6. The smallest absolute Gasteiger partial charge is 0.312 e. The van der Waals surface area contributed by atoms with Crippen LogP contribution in [-0.2, 0) is 13.6 Å². The van der Waals surface area contributed by atoms with Gasteiger partial charge in [0.2, 0.25) is 0 Å². The number of aryl methyl sites for hydroxylation is 3. The molecule has 0 bridgehead atoms. The molecule has 3 heterocycles. The highest BCUT2D eigenvalue weighted by molar-refractivity contribution is 6.08. The van der Waals surface area contributed by atoms with Crippen LogP contribution in [0, 0.1) is 37.8 Å². The SMILES string of the molecule is Cc1nn(C)c(C)c1C(=O)/C=C/c1ccc(Cn2nc(C)c([N+](=O)[O-])c2C)o1. The Morgan fingerprint density at radius 2 is 1.89 bits per heavy atom. The van der Waals surface area contributed by atoms with E-state index in [1.54, 1.807) is 50.7 Å². The van der Waals surface area contributed by atoms with Crippen LogP contribution in [0.1, 0.15) is 44.7 Å². The third kappa shape index (κ3) is 3.51. The molecule has 0 fully saturated rings. The van der Waals surface area contributed by atoms with Gasteiger partial charge < -0.3 is 4.42 Å². The number of carbonyl (C=O) groups excluding carboxylic acids is 1. The molecule has 0 aromatic carbocycles. The maximum Gasteiger partial charge on any atom is 0.312 e. The normalized spacial score (nSPS) is 11.5. The van der Waals surface area contributed by atoms with Gasteiger partial charge in [-0.25, -0.2) is 0 Å². The Morgan fingerprint density at radius 3 is 2.46 bits per heavy atom. The van der Waals surface area contributed by atoms with Crippen molar-refractivity contribution in [2.75, 3.05) is 0 Å². The standard InChI is InChI=1S/C19H21N5O4/c1-11-18(13(3)22(5)20-11)17(25)9-8-15-6-7-16(28-15)10-23-14(4)19(24(26)27)12(2)21-23/h6-9H,10H2,1-5H3/b9-8+. The molecule has 146 valence electrons. The summed E-state index contributed by atoms with van der Waals surface area (Å²) in [6.07, 6.45) is 3.05. The molecule has 3 aromatic heterocycles. The molecule has 0 amide bonds. The van der Waals surface area contributed by atoms with E-state index in [0.717, 1.165) is 5.69 Å². The number of furan rings is 1. The van der Waals surface area contributed by atoms with Crippen LogP contribution < -0.4 is 0 Å². The number of hydrogen-bond acceptors (Lipinski definition) is 6. The van der Waals surface area contributed by atoms with Crippen LogP contribution in [0.5, 0.6) is 0 Å². The van der Waals surface area contributed by atoms with E-state index < -0.39 is 4.92 Å². The van der Waals surface area contributed by atoms with Gasteiger partial charge in [-0.15, -0.1) is 0 Å². The Kier molecular flexibility index (Phi) is 5.00. The maximum atomic E-state index is 12.5. The molecule has 3 rings (SSSR count). The molecule has 9 heteroatoms. The van der Waals surface area contributed by atoms with Crippen molar-refractivity contribution in [2.24, 2.45) is 7.05 Å². The fourth-order valence-corrected chi connectivity index (χ4v) is 3.19. The summed E-state index contributed by atoms with van der Waals surface area (Å²) in [6, 6.07) is 3.50. The quantitative estimate of drug-likeness (QED) is 0.280. The van der Waals surface area contributed by atoms with Crippen molar-refractivity contribution in [1.82, 2.24) is 19.6 Å². The fraction of sp³-hybridized carbons (Fsp3) is 0.316. The van der Waals surface area contributed by atoms with Crippen molar-refractivity contribution < 1.29 is 14.1 Å². The van der Waals surface area contributed by atoms with E-state index in [1.165, 1.54) is 10.8 Å². The Hall–Kier alpha value is -3.49. The summed E-state index contributed by atoms with van der Waals surface area (Å²) in [5.74, 6) is 0.954. The minimum atomic E-state index is -0.432. The molecule has 0 spiro atoms. The number of allylic oxidation sites excluding steroid dienone is 1. The zero-order valence-corrected chi connectivity index (χ0v) is 16.4. The molecule has 9 nitrogen and oxygen atoms in total. The highest BCUT2D eigenvalue weighted by Gasteiger charge is 2.22. The van der Waals surface area contributed by atoms with E-state index >= 15 is 0 Å². The van der Waals surface area contributed by atoms with Crippen molar-refractivity contribution in [1.29, 1.82) is 0 Å². The molecule has 0 radical (unpaired) electrons. The van der Waals surface area contributed by atoms with Gasteiger partial charge in [-0.05, 0) is 52.0 Å². The van der Waals surface area contributed by atoms with Gasteiger partial charge in [0.25, 0.3) is 0 Å². The largest absolute Gasteiger partial charge is 0.460 e. The van der Waals surface area contributed by atoms with Gasteiger partial charge in [-0.1, -0.05) is 0 Å². The number of aromatic nitrogens is 4. The van der Waals surface area contributed by atoms with Crippen molar-refractivity contribution in [2.45, 2.75) is 34.2 Å². The van der Waals surface area contributed by atoms with Crippen LogP contribution in [0.2, 0.25) is 0 Å². The van der Waals surface area contributed by atoms with Gasteiger partial charge in [0.1, 0.15) is 22.9 Å². The Morgan fingerprint density at radius 1 is 1.18 bits per heavy atom. The Bertz CT molecular complexity index is 1100. The first kappa shape index (κ1) is 19.3. The molecular formula is C19H21N5O4. The predicted molar refractivity (Wildman–Crippen MR) is 102 cm³/mol. The number of nitrogens with zero attached hydrogens (tertiary/aromatic N) is 5. The van der Waals surface area contributed by atoms with Crippen LogP contribution in [0.25, 0.3) is 6.08 Å². The Balaban J connectivity index is 1.76. The van der Waals surface area contributed by atoms with E-state index in [9.17, 15) is 14.9 Å². The average molecular weight is 383 g/mol. The summed E-state index contributed by atoms with van der Waals surface area (Å²) in [5, 5.41) is 19.6. The molecule has 0 saturated carbocycles. The van der Waals surface area contributed by atoms with E-state index in [1.807, 2.05) is 6.92 Å². The van der Waals surface area contributed by atoms with Crippen molar-refractivity contribution in [3.8, 4) is 0 Å². The number of nitro groups is 1. The van der Waals surface area contributed by atoms with Crippen LogP contribution >= 0.6 is 0 Å². The van der Waals surface area contributed by atoms with Crippen molar-refractivity contribution >= 4 is 17.5 Å². The molecule has 0 N–H and O–H groups in total. The molecule has 28 heavy (non-hydrogen) atoms. The van der Waals surface area contributed by atoms with Crippen molar-refractivity contribution in [3.05, 3.63) is 68.2 Å². The lowest BCUT2D eigenvalue weighted by molar-refractivity contribution is -0.386. The lowest BCUT2D eigenvalue weighted by atomic mass is 10.1. The highest BCUT2D eigenvalue weighted by Crippen LogP contribution is 2.23. The second kappa shape index (κ2) is 7.26. The van der Waals surface area contributed by atoms with Gasteiger partial charge in [-0.2, -0.15) is 10.2 Å². The summed E-state index contributed by atoms with van der Waals surface area (Å²) in [4.78, 5) is 23.1. The maximum absolute atomic E-state index is 12.5. The predicted octanol–water partition coefficient (Wildman–Crippen LogP) is 3.30. The number of carbonyl (C=O) groups is 1. The van der Waals surface area contributed by atoms with E-state index in [4.69, 9.17) is 4.42 Å². The first-order valence-corrected chi connectivity index (χ1v) is 8.68. The number of ketones is 1. The second-order valence-corrected chi connectivity index (χ2v) is 6.61. The van der Waals surface area contributed by atoms with Gasteiger partial charge >= 0.3 is 5.69 Å². The van der Waals surface area contributed by atoms with Gasteiger partial charge in [0.15, 0.2) is 5.78 Å². The Labute approximate surface area is 161 Å². The molecule has 0 atom stereocenters. The lowest BCUT2D eigenvalue weighted by Gasteiger charge is -2.00. The first-order chi connectivity index (χ1) is 13.2. The van der Waals surface area contributed by atoms with Crippen LogP contribution in [0.15, 0.2) is 22.6 Å². The van der Waals surface area contributed by atoms with Crippen molar-refractivity contribution in [3.63, 3.8) is 0 Å². The van der Waals surface area contributed by atoms with E-state index in [-0.39, 0.29) is 18.0 Å². The van der Waals surface area contributed by atoms with Gasteiger partial charge in [-0.3, -0.25) is 24.3 Å². The fourth-order valence-electron chi connectivity index (χ4n) is 3.19. The molecule has 0 aliphatic carbocycles. The van der Waals surface area contributed by atoms with Crippen LogP contribution in [0.4, 0.5) is 5.69 Å². The summed E-state index contributed by atoms with van der Waals surface area (Å²) in [5.41, 5.74) is 2.91. The van der Waals surface area contributed by atoms with E-state index in [0.29, 0.717) is 34.2 Å². The van der Waals surface area contributed by atoms with Gasteiger partial charge in [0.05, 0.1) is 22.7 Å². The molecule has 0 aliphatic heterocycles. The first-order valence-electron chi connectivity index (χ1n) is 8.68. The van der Waals surface area contributed by atoms with Crippen LogP contribution in [0.3, 0.4) is 0 Å². The average Bonchev–Trinajstić information content (AvgIpc) is 3.24. The molecule has 0 unspecified atom stereocenters. The third-order valence-electron chi connectivity index (χ3n) is 4.67. The monoisotopic (exact) mass is 383 g/mol. The second-order valence-electron chi connectivity index (χ2n) is 6.61.